The molecule has 2 aromatic rings. The van der Waals surface area contributed by atoms with E-state index in [0.717, 1.165) is 19.5 Å². The van der Waals surface area contributed by atoms with E-state index in [0.29, 0.717) is 31.6 Å². The fourth-order valence-corrected chi connectivity index (χ4v) is 5.10. The monoisotopic (exact) mass is 645 g/mol. The lowest BCUT2D eigenvalue weighted by Crippen LogP contribution is -2.57. The molecule has 2 saturated carbocycles. The maximum Gasteiger partial charge on any atom is 0.254 e. The van der Waals surface area contributed by atoms with Crippen molar-refractivity contribution in [3.63, 3.8) is 0 Å². The van der Waals surface area contributed by atoms with Crippen molar-refractivity contribution in [2.75, 3.05) is 31.5 Å². The van der Waals surface area contributed by atoms with Gasteiger partial charge in [-0.25, -0.2) is 8.78 Å². The zero-order valence-corrected chi connectivity index (χ0v) is 27.4. The van der Waals surface area contributed by atoms with Gasteiger partial charge in [0, 0.05) is 50.5 Å². The highest BCUT2D eigenvalue weighted by atomic mass is 19.1. The van der Waals surface area contributed by atoms with E-state index in [-0.39, 0.29) is 30.6 Å². The standard InChI is InChI=1S/C20H27F2N5O4.C7H12.C6H10N2/c1-12-10-27(6-5-24-12)20(31)17(26-19(30)13(2)21)8-14-3-4-16(15(22)7-14)25-18(29)9-23-11-28;1-2-6(1)5-7-3-4-7;1-3-8-6(2)4-5-7-8/h3-4,7,11-13,17,24H,5-6,8-10H2,1-2H3,(H,23,28)(H,25,29)(H,26,30);6-7H,1-5H2;4-5H,3H2,1-2H3. The van der Waals surface area contributed by atoms with Crippen molar-refractivity contribution in [3.8, 4) is 0 Å². The van der Waals surface area contributed by atoms with Gasteiger partial charge in [0.05, 0.1) is 12.2 Å². The van der Waals surface area contributed by atoms with Crippen LogP contribution in [-0.4, -0.2) is 83.2 Å². The minimum Gasteiger partial charge on any atom is -0.350 e. The van der Waals surface area contributed by atoms with Gasteiger partial charge in [-0.15, -0.1) is 0 Å². The number of rotatable bonds is 12. The van der Waals surface area contributed by atoms with E-state index in [1.165, 1.54) is 29.7 Å². The van der Waals surface area contributed by atoms with Crippen LogP contribution in [0.4, 0.5) is 14.5 Å². The second-order valence-corrected chi connectivity index (χ2v) is 12.3. The molecule has 1 aromatic heterocycles. The van der Waals surface area contributed by atoms with Gasteiger partial charge in [0.15, 0.2) is 6.17 Å². The van der Waals surface area contributed by atoms with Crippen LogP contribution in [-0.2, 0) is 32.1 Å². The third kappa shape index (κ3) is 12.9. The molecule has 4 N–H and O–H groups in total. The second-order valence-electron chi connectivity index (χ2n) is 12.3. The third-order valence-electron chi connectivity index (χ3n) is 8.04. The quantitative estimate of drug-likeness (QED) is 0.262. The van der Waals surface area contributed by atoms with Gasteiger partial charge in [-0.2, -0.15) is 5.10 Å². The van der Waals surface area contributed by atoms with Crippen LogP contribution in [0.3, 0.4) is 0 Å². The summed E-state index contributed by atoms with van der Waals surface area (Å²) in [7, 11) is 0. The molecule has 11 nitrogen and oxygen atoms in total. The number of aryl methyl sites for hydroxylation is 2. The summed E-state index contributed by atoms with van der Waals surface area (Å²) >= 11 is 0. The maximum absolute atomic E-state index is 14.4. The molecule has 13 heteroatoms. The Morgan fingerprint density at radius 2 is 1.85 bits per heavy atom. The molecule has 3 fully saturated rings. The number of carbonyl (C=O) groups excluding carboxylic acids is 4. The zero-order valence-electron chi connectivity index (χ0n) is 27.4. The Kier molecular flexibility index (Phi) is 14.6. The van der Waals surface area contributed by atoms with Gasteiger partial charge in [-0.1, -0.05) is 31.7 Å². The summed E-state index contributed by atoms with van der Waals surface area (Å²) in [4.78, 5) is 48.3. The van der Waals surface area contributed by atoms with Crippen LogP contribution in [0.15, 0.2) is 30.5 Å². The molecule has 0 bridgehead atoms. The second kappa shape index (κ2) is 18.3. The number of benzene rings is 1. The van der Waals surface area contributed by atoms with Crippen LogP contribution in [0.2, 0.25) is 0 Å². The molecule has 46 heavy (non-hydrogen) atoms. The van der Waals surface area contributed by atoms with E-state index >= 15 is 0 Å². The van der Waals surface area contributed by atoms with Crippen LogP contribution in [0.1, 0.15) is 64.1 Å². The highest BCUT2D eigenvalue weighted by Gasteiger charge is 2.31. The van der Waals surface area contributed by atoms with Gasteiger partial charge in [-0.3, -0.25) is 23.9 Å². The average Bonchev–Trinajstić information content (AvgIpc) is 3.98. The van der Waals surface area contributed by atoms with Crippen molar-refractivity contribution in [2.24, 2.45) is 11.8 Å². The Bertz CT molecular complexity index is 1290. The largest absolute Gasteiger partial charge is 0.350 e. The van der Waals surface area contributed by atoms with E-state index in [1.807, 2.05) is 23.9 Å². The molecule has 1 aliphatic heterocycles. The number of aromatic nitrogens is 2. The summed E-state index contributed by atoms with van der Waals surface area (Å²) in [5, 5.41) is 14.1. The van der Waals surface area contributed by atoms with Gasteiger partial charge in [-0.05, 0) is 69.7 Å². The molecule has 4 amide bonds. The van der Waals surface area contributed by atoms with E-state index in [4.69, 9.17) is 0 Å². The Morgan fingerprint density at radius 3 is 2.35 bits per heavy atom. The molecule has 2 aliphatic carbocycles. The van der Waals surface area contributed by atoms with Gasteiger partial charge < -0.3 is 26.2 Å². The topological polar surface area (TPSA) is 137 Å². The molecule has 2 heterocycles. The smallest absolute Gasteiger partial charge is 0.254 e. The van der Waals surface area contributed by atoms with Gasteiger partial charge >= 0.3 is 0 Å². The lowest BCUT2D eigenvalue weighted by atomic mass is 10.0. The predicted octanol–water partition coefficient (Wildman–Crippen LogP) is 3.12. The van der Waals surface area contributed by atoms with Crippen LogP contribution in [0.25, 0.3) is 0 Å². The van der Waals surface area contributed by atoms with E-state index in [1.54, 1.807) is 37.0 Å². The fraction of sp³-hybridized carbons (Fsp3) is 0.606. The Balaban J connectivity index is 0.000000306. The van der Waals surface area contributed by atoms with E-state index in [2.05, 4.69) is 40.2 Å². The third-order valence-corrected chi connectivity index (χ3v) is 8.04. The van der Waals surface area contributed by atoms with E-state index < -0.39 is 29.8 Å². The Labute approximate surface area is 270 Å². The van der Waals surface area contributed by atoms with Crippen LogP contribution < -0.4 is 21.3 Å². The molecule has 1 aromatic carbocycles. The molecular weight excluding hydrogens is 596 g/mol. The average molecular weight is 646 g/mol. The minimum atomic E-state index is -1.80. The molecule has 1 saturated heterocycles. The number of halogens is 2. The lowest BCUT2D eigenvalue weighted by Gasteiger charge is -2.34. The molecule has 0 spiro atoms. The maximum atomic E-state index is 14.4. The van der Waals surface area contributed by atoms with Gasteiger partial charge in [0.1, 0.15) is 11.9 Å². The zero-order chi connectivity index (χ0) is 33.6. The number of amides is 4. The van der Waals surface area contributed by atoms with Crippen molar-refractivity contribution in [2.45, 2.75) is 91.0 Å². The number of anilines is 1. The van der Waals surface area contributed by atoms with Crippen LogP contribution in [0.5, 0.6) is 0 Å². The van der Waals surface area contributed by atoms with Crippen molar-refractivity contribution >= 4 is 29.8 Å². The summed E-state index contributed by atoms with van der Waals surface area (Å²) in [5.41, 5.74) is 1.52. The molecule has 3 aliphatic rings. The van der Waals surface area contributed by atoms with Crippen molar-refractivity contribution in [3.05, 3.63) is 47.5 Å². The van der Waals surface area contributed by atoms with E-state index in [9.17, 15) is 28.0 Å². The normalized spacial score (nSPS) is 18.5. The molecule has 0 radical (unpaired) electrons. The van der Waals surface area contributed by atoms with Gasteiger partial charge in [0.25, 0.3) is 5.91 Å². The number of nitrogens with one attached hydrogen (secondary N) is 4. The van der Waals surface area contributed by atoms with Crippen LogP contribution in [0, 0.1) is 24.6 Å². The van der Waals surface area contributed by atoms with Crippen molar-refractivity contribution < 1.29 is 28.0 Å². The van der Waals surface area contributed by atoms with Crippen molar-refractivity contribution in [1.82, 2.24) is 30.6 Å². The summed E-state index contributed by atoms with van der Waals surface area (Å²) < 4.78 is 29.8. The molecule has 254 valence electrons. The number of nitrogens with zero attached hydrogens (tertiary/aromatic N) is 3. The molecule has 3 unspecified atom stereocenters. The molecule has 5 rings (SSSR count). The predicted molar refractivity (Wildman–Crippen MR) is 172 cm³/mol. The number of piperazine rings is 1. The highest BCUT2D eigenvalue weighted by molar-refractivity contribution is 5.93. The number of hydrogen-bond donors (Lipinski definition) is 4. The van der Waals surface area contributed by atoms with Crippen molar-refractivity contribution in [1.29, 1.82) is 0 Å². The summed E-state index contributed by atoms with van der Waals surface area (Å²) in [6.45, 7) is 9.26. The summed E-state index contributed by atoms with van der Waals surface area (Å²) in [5.74, 6) is -0.276. The Morgan fingerprint density at radius 1 is 1.15 bits per heavy atom. The Hall–Kier alpha value is -3.87. The SMILES string of the molecule is C1CC1CC1CC1.CC1CN(C(=O)C(Cc2ccc(NC(=O)CNC=O)c(F)c2)NC(=O)C(C)F)CCN1.CCn1nccc1C. The minimum absolute atomic E-state index is 0.0482. The summed E-state index contributed by atoms with van der Waals surface area (Å²) in [6.07, 6.45) is 8.11. The first-order valence-electron chi connectivity index (χ1n) is 16.2. The van der Waals surface area contributed by atoms with Crippen LogP contribution >= 0.6 is 0 Å². The molecular formula is C33H49F2N7O4. The number of alkyl halides is 1. The first-order valence-corrected chi connectivity index (χ1v) is 16.2. The highest BCUT2D eigenvalue weighted by Crippen LogP contribution is 2.43. The lowest BCUT2D eigenvalue weighted by molar-refractivity contribution is -0.138. The first kappa shape index (κ1) is 36.6. The van der Waals surface area contributed by atoms with Gasteiger partial charge in [0.2, 0.25) is 18.2 Å². The number of carbonyl (C=O) groups is 4. The number of hydrogen-bond acceptors (Lipinski definition) is 6. The first-order chi connectivity index (χ1) is 22.0. The summed E-state index contributed by atoms with van der Waals surface area (Å²) in [6, 6.07) is 4.96. The molecule has 3 atom stereocenters. The fourth-order valence-electron chi connectivity index (χ4n) is 5.10.